The van der Waals surface area contributed by atoms with E-state index in [1.54, 1.807) is 20.8 Å². The van der Waals surface area contributed by atoms with Crippen LogP contribution in [0.4, 0.5) is 0 Å². The molecule has 1 atom stereocenters. The first-order valence-corrected chi connectivity index (χ1v) is 5.92. The Morgan fingerprint density at radius 3 is 2.33 bits per heavy atom. The standard InChI is InChI=1S/C8H15NO5S/c1-8(2,3)14-7(10)6-9(4)5-13-15(6,11)12/h6H,5H2,1-4H3. The van der Waals surface area contributed by atoms with Gasteiger partial charge in [-0.15, -0.1) is 0 Å². The molecule has 15 heavy (non-hydrogen) atoms. The van der Waals surface area contributed by atoms with Crippen LogP contribution in [-0.4, -0.2) is 44.0 Å². The van der Waals surface area contributed by atoms with E-state index in [4.69, 9.17) is 4.74 Å². The maximum absolute atomic E-state index is 11.6. The van der Waals surface area contributed by atoms with Crippen LogP contribution < -0.4 is 0 Å². The number of nitrogens with zero attached hydrogens (tertiary/aromatic N) is 1. The van der Waals surface area contributed by atoms with E-state index in [1.807, 2.05) is 0 Å². The lowest BCUT2D eigenvalue weighted by atomic mass is 10.2. The van der Waals surface area contributed by atoms with E-state index in [-0.39, 0.29) is 6.73 Å². The highest BCUT2D eigenvalue weighted by Gasteiger charge is 2.45. The van der Waals surface area contributed by atoms with Crippen LogP contribution in [0.2, 0.25) is 0 Å². The van der Waals surface area contributed by atoms with Crippen LogP contribution in [0.15, 0.2) is 0 Å². The van der Waals surface area contributed by atoms with Crippen LogP contribution >= 0.6 is 0 Å². The monoisotopic (exact) mass is 237 g/mol. The van der Waals surface area contributed by atoms with Gasteiger partial charge in [0.15, 0.2) is 0 Å². The predicted octanol–water partition coefficient (Wildman–Crippen LogP) is -0.0965. The summed E-state index contributed by atoms with van der Waals surface area (Å²) in [5.41, 5.74) is -0.712. The Labute approximate surface area is 89.3 Å². The van der Waals surface area contributed by atoms with Crippen molar-refractivity contribution >= 4 is 16.1 Å². The van der Waals surface area contributed by atoms with Crippen LogP contribution in [0, 0.1) is 0 Å². The molecule has 0 N–H and O–H groups in total. The third kappa shape index (κ3) is 2.90. The number of carbonyl (C=O) groups excluding carboxylic acids is 1. The summed E-state index contributed by atoms with van der Waals surface area (Å²) in [6.07, 6.45) is 0. The maximum Gasteiger partial charge on any atom is 0.342 e. The molecule has 0 bridgehead atoms. The molecule has 7 heteroatoms. The van der Waals surface area contributed by atoms with E-state index < -0.39 is 27.1 Å². The quantitative estimate of drug-likeness (QED) is 0.468. The zero-order chi connectivity index (χ0) is 11.9. The molecular weight excluding hydrogens is 222 g/mol. The second kappa shape index (κ2) is 3.73. The second-order valence-electron chi connectivity index (χ2n) is 4.38. The molecule has 1 heterocycles. The largest absolute Gasteiger partial charge is 0.458 e. The van der Waals surface area contributed by atoms with Crippen LogP contribution in [0.1, 0.15) is 20.8 Å². The highest BCUT2D eigenvalue weighted by atomic mass is 32.2. The van der Waals surface area contributed by atoms with Gasteiger partial charge in [0.1, 0.15) is 12.3 Å². The van der Waals surface area contributed by atoms with E-state index in [2.05, 4.69) is 4.18 Å². The molecule has 1 saturated heterocycles. The molecule has 0 aromatic carbocycles. The third-order valence-electron chi connectivity index (χ3n) is 1.70. The summed E-state index contributed by atoms with van der Waals surface area (Å²) in [6, 6.07) is 0. The number of rotatable bonds is 1. The summed E-state index contributed by atoms with van der Waals surface area (Å²) in [6.45, 7) is 4.90. The number of esters is 1. The molecule has 0 amide bonds. The number of hydrogen-bond acceptors (Lipinski definition) is 6. The molecule has 0 radical (unpaired) electrons. The smallest absolute Gasteiger partial charge is 0.342 e. The average molecular weight is 237 g/mol. The van der Waals surface area contributed by atoms with Gasteiger partial charge in [-0.2, -0.15) is 8.42 Å². The topological polar surface area (TPSA) is 72.9 Å². The molecule has 0 aromatic heterocycles. The fourth-order valence-corrected chi connectivity index (χ4v) is 2.39. The first-order valence-electron chi connectivity index (χ1n) is 4.45. The highest BCUT2D eigenvalue weighted by molar-refractivity contribution is 7.88. The van der Waals surface area contributed by atoms with E-state index in [0.29, 0.717) is 0 Å². The SMILES string of the molecule is CN1COS(=O)(=O)C1C(=O)OC(C)(C)C. The minimum Gasteiger partial charge on any atom is -0.458 e. The van der Waals surface area contributed by atoms with Crippen molar-refractivity contribution in [3.8, 4) is 0 Å². The van der Waals surface area contributed by atoms with E-state index in [9.17, 15) is 13.2 Å². The van der Waals surface area contributed by atoms with Gasteiger partial charge in [-0.1, -0.05) is 0 Å². The summed E-state index contributed by atoms with van der Waals surface area (Å²) >= 11 is 0. The van der Waals surface area contributed by atoms with Crippen molar-refractivity contribution in [1.82, 2.24) is 4.90 Å². The van der Waals surface area contributed by atoms with Crippen molar-refractivity contribution in [3.05, 3.63) is 0 Å². The number of carbonyl (C=O) groups is 1. The van der Waals surface area contributed by atoms with E-state index in [1.165, 1.54) is 11.9 Å². The summed E-state index contributed by atoms with van der Waals surface area (Å²) in [7, 11) is -2.37. The number of hydrogen-bond donors (Lipinski definition) is 0. The first-order chi connectivity index (χ1) is 6.63. The highest BCUT2D eigenvalue weighted by Crippen LogP contribution is 2.20. The van der Waals surface area contributed by atoms with Gasteiger partial charge in [-0.05, 0) is 27.8 Å². The molecule has 1 aliphatic heterocycles. The zero-order valence-corrected chi connectivity index (χ0v) is 10.00. The van der Waals surface area contributed by atoms with Crippen molar-refractivity contribution in [2.75, 3.05) is 13.8 Å². The Morgan fingerprint density at radius 2 is 2.00 bits per heavy atom. The molecule has 1 aliphatic rings. The summed E-state index contributed by atoms with van der Waals surface area (Å²) in [5, 5.41) is -1.35. The maximum atomic E-state index is 11.6. The average Bonchev–Trinajstić information content (AvgIpc) is 2.21. The van der Waals surface area contributed by atoms with Gasteiger partial charge in [0.25, 0.3) is 10.1 Å². The summed E-state index contributed by atoms with van der Waals surface area (Å²) < 4.78 is 32.2. The van der Waals surface area contributed by atoms with Crippen molar-refractivity contribution < 1.29 is 22.1 Å². The normalized spacial score (nSPS) is 26.5. The Hall–Kier alpha value is -0.660. The molecule has 1 rings (SSSR count). The zero-order valence-electron chi connectivity index (χ0n) is 9.18. The molecule has 0 aromatic rings. The van der Waals surface area contributed by atoms with Gasteiger partial charge < -0.3 is 4.74 Å². The number of likely N-dealkylation sites (N-methyl/N-ethyl adjacent to an activating group) is 1. The lowest BCUT2D eigenvalue weighted by molar-refractivity contribution is -0.157. The molecule has 0 spiro atoms. The predicted molar refractivity (Wildman–Crippen MR) is 52.3 cm³/mol. The molecule has 6 nitrogen and oxygen atoms in total. The van der Waals surface area contributed by atoms with Crippen molar-refractivity contribution in [1.29, 1.82) is 0 Å². The second-order valence-corrected chi connectivity index (χ2v) is 6.05. The van der Waals surface area contributed by atoms with Crippen molar-refractivity contribution in [2.45, 2.75) is 31.7 Å². The molecule has 0 aliphatic carbocycles. The minimum absolute atomic E-state index is 0.119. The van der Waals surface area contributed by atoms with Gasteiger partial charge in [-0.25, -0.2) is 4.79 Å². The van der Waals surface area contributed by atoms with E-state index in [0.717, 1.165) is 0 Å². The van der Waals surface area contributed by atoms with Crippen LogP contribution in [0.5, 0.6) is 0 Å². The fraction of sp³-hybridized carbons (Fsp3) is 0.875. The first kappa shape index (κ1) is 12.4. The van der Waals surface area contributed by atoms with Crippen molar-refractivity contribution in [3.63, 3.8) is 0 Å². The number of ether oxygens (including phenoxy) is 1. The molecule has 0 saturated carbocycles. The fourth-order valence-electron chi connectivity index (χ4n) is 1.16. The van der Waals surface area contributed by atoms with Gasteiger partial charge >= 0.3 is 5.97 Å². The molecule has 88 valence electrons. The summed E-state index contributed by atoms with van der Waals surface area (Å²) in [4.78, 5) is 12.8. The van der Waals surface area contributed by atoms with Gasteiger partial charge in [0.2, 0.25) is 5.37 Å². The van der Waals surface area contributed by atoms with E-state index >= 15 is 0 Å². The third-order valence-corrected chi connectivity index (χ3v) is 3.24. The lowest BCUT2D eigenvalue weighted by Crippen LogP contribution is -2.41. The molecular formula is C8H15NO5S. The molecule has 1 unspecified atom stereocenters. The Bertz CT molecular complexity index is 356. The summed E-state index contributed by atoms with van der Waals surface area (Å²) in [5.74, 6) is -0.803. The Morgan fingerprint density at radius 1 is 1.47 bits per heavy atom. The van der Waals surface area contributed by atoms with Gasteiger partial charge in [0, 0.05) is 0 Å². The van der Waals surface area contributed by atoms with Crippen molar-refractivity contribution in [2.24, 2.45) is 0 Å². The van der Waals surface area contributed by atoms with Crippen LogP contribution in [-0.2, 0) is 23.8 Å². The van der Waals surface area contributed by atoms with Crippen LogP contribution in [0.25, 0.3) is 0 Å². The minimum atomic E-state index is -3.86. The van der Waals surface area contributed by atoms with Gasteiger partial charge in [0.05, 0.1) is 0 Å². The molecule has 1 fully saturated rings. The van der Waals surface area contributed by atoms with Crippen LogP contribution in [0.3, 0.4) is 0 Å². The van der Waals surface area contributed by atoms with Gasteiger partial charge in [-0.3, -0.25) is 9.08 Å². The Kier molecular flexibility index (Phi) is 3.09. The lowest BCUT2D eigenvalue weighted by Gasteiger charge is -2.22. The Balaban J connectivity index is 2.84.